The number of rotatable bonds is 5. The van der Waals surface area contributed by atoms with Crippen LogP contribution in [0, 0.1) is 5.82 Å². The number of ether oxygens (including phenoxy) is 1. The van der Waals surface area contributed by atoms with Crippen molar-refractivity contribution >= 4 is 59.0 Å². The number of halogens is 4. The van der Waals surface area contributed by atoms with Crippen LogP contribution in [0.5, 0.6) is 5.75 Å². The van der Waals surface area contributed by atoms with E-state index in [2.05, 4.69) is 20.5 Å². The monoisotopic (exact) mass is 569 g/mol. The number of carbonyl (C=O) groups is 1. The maximum absolute atomic E-state index is 14.8. The Morgan fingerprint density at radius 3 is 2.70 bits per heavy atom. The lowest BCUT2D eigenvalue weighted by Crippen LogP contribution is -2.43. The van der Waals surface area contributed by atoms with E-state index in [-0.39, 0.29) is 54.6 Å². The average molecular weight is 571 g/mol. The van der Waals surface area contributed by atoms with Crippen molar-refractivity contribution < 1.29 is 13.9 Å². The number of piperidine rings is 1. The number of benzene rings is 1. The van der Waals surface area contributed by atoms with Gasteiger partial charge in [-0.25, -0.2) is 9.37 Å². The molecule has 0 aliphatic carbocycles. The molecule has 3 aromatic rings. The van der Waals surface area contributed by atoms with Crippen LogP contribution in [-0.2, 0) is 17.9 Å². The van der Waals surface area contributed by atoms with E-state index < -0.39 is 0 Å². The van der Waals surface area contributed by atoms with Gasteiger partial charge in [-0.05, 0) is 49.5 Å². The minimum Gasteiger partial charge on any atom is -0.480 e. The molecule has 0 saturated carbocycles. The topological polar surface area (TPSA) is 88.5 Å². The van der Waals surface area contributed by atoms with Crippen LogP contribution in [0.4, 0.5) is 10.2 Å². The number of pyridine rings is 2. The van der Waals surface area contributed by atoms with Gasteiger partial charge in [-0.15, -0.1) is 24.8 Å². The third-order valence-corrected chi connectivity index (χ3v) is 7.53. The highest BCUT2D eigenvalue weighted by Gasteiger charge is 2.31. The standard InChI is InChI=1S/C25H25ClFN5O3.2ClH/c26-17-9-20-25(30-21(33)13-35-20)29-19(17)10-28-16-5-7-31(8-6-16)11-15-12-32-22(34)4-2-14-1-3-18(27)23(15)24(14)32;;/h1-4,9,15-16,28H,5-8,10-13H2,(H,29,30,33);2*1H. The number of likely N-dealkylation sites (tertiary alicyclic amines) is 1. The first-order valence-electron chi connectivity index (χ1n) is 11.9. The molecule has 0 spiro atoms. The average Bonchev–Trinajstić information content (AvgIpc) is 3.24. The predicted octanol–water partition coefficient (Wildman–Crippen LogP) is 3.71. The van der Waals surface area contributed by atoms with E-state index in [1.54, 1.807) is 28.8 Å². The molecule has 198 valence electrons. The van der Waals surface area contributed by atoms with Gasteiger partial charge in [0.25, 0.3) is 11.5 Å². The maximum atomic E-state index is 14.8. The van der Waals surface area contributed by atoms with Crippen LogP contribution in [-0.4, -0.2) is 52.6 Å². The van der Waals surface area contributed by atoms with Crippen LogP contribution in [0.15, 0.2) is 35.1 Å². The predicted molar refractivity (Wildman–Crippen MR) is 145 cm³/mol. The van der Waals surface area contributed by atoms with E-state index in [0.29, 0.717) is 47.0 Å². The number of fused-ring (bicyclic) bond motifs is 1. The molecule has 6 rings (SSSR count). The summed E-state index contributed by atoms with van der Waals surface area (Å²) in [4.78, 5) is 30.8. The first-order valence-corrected chi connectivity index (χ1v) is 12.2. The van der Waals surface area contributed by atoms with Gasteiger partial charge in [-0.2, -0.15) is 0 Å². The molecule has 2 aromatic heterocycles. The van der Waals surface area contributed by atoms with E-state index in [4.69, 9.17) is 16.3 Å². The summed E-state index contributed by atoms with van der Waals surface area (Å²) in [5.41, 5.74) is 2.01. The molecule has 3 aliphatic heterocycles. The second kappa shape index (κ2) is 11.1. The largest absolute Gasteiger partial charge is 0.480 e. The number of amides is 1. The summed E-state index contributed by atoms with van der Waals surface area (Å²) < 4.78 is 21.9. The van der Waals surface area contributed by atoms with Gasteiger partial charge >= 0.3 is 0 Å². The van der Waals surface area contributed by atoms with Crippen molar-refractivity contribution in [1.29, 1.82) is 0 Å². The van der Waals surface area contributed by atoms with Crippen molar-refractivity contribution in [3.05, 3.63) is 62.8 Å². The summed E-state index contributed by atoms with van der Waals surface area (Å²) in [7, 11) is 0. The highest BCUT2D eigenvalue weighted by Crippen LogP contribution is 2.36. The Morgan fingerprint density at radius 1 is 1.16 bits per heavy atom. The van der Waals surface area contributed by atoms with E-state index in [9.17, 15) is 14.0 Å². The van der Waals surface area contributed by atoms with Crippen molar-refractivity contribution in [2.75, 3.05) is 31.6 Å². The summed E-state index contributed by atoms with van der Waals surface area (Å²) in [6, 6.07) is 8.59. The van der Waals surface area contributed by atoms with E-state index >= 15 is 0 Å². The molecule has 1 unspecified atom stereocenters. The highest BCUT2D eigenvalue weighted by atomic mass is 35.5. The molecule has 0 radical (unpaired) electrons. The molecule has 0 bridgehead atoms. The second-order valence-electron chi connectivity index (χ2n) is 9.43. The zero-order valence-electron chi connectivity index (χ0n) is 19.8. The molecule has 5 heterocycles. The number of nitrogens with zero attached hydrogens (tertiary/aromatic N) is 3. The van der Waals surface area contributed by atoms with Gasteiger partial charge in [0.15, 0.2) is 18.2 Å². The fourth-order valence-electron chi connectivity index (χ4n) is 5.45. The zero-order valence-corrected chi connectivity index (χ0v) is 22.2. The van der Waals surface area contributed by atoms with Crippen LogP contribution < -0.4 is 20.9 Å². The zero-order chi connectivity index (χ0) is 24.1. The Kier molecular flexibility index (Phi) is 8.30. The number of anilines is 1. The minimum atomic E-state index is -0.232. The van der Waals surface area contributed by atoms with Crippen LogP contribution in [0.1, 0.15) is 30.0 Å². The fourth-order valence-corrected chi connectivity index (χ4v) is 5.65. The molecular weight excluding hydrogens is 544 g/mol. The van der Waals surface area contributed by atoms with Crippen molar-refractivity contribution in [3.63, 3.8) is 0 Å². The number of carbonyl (C=O) groups excluding carboxylic acids is 1. The molecular formula is C25H27Cl3FN5O3. The summed E-state index contributed by atoms with van der Waals surface area (Å²) in [5.74, 6) is 0.386. The lowest BCUT2D eigenvalue weighted by Gasteiger charge is -2.34. The van der Waals surface area contributed by atoms with Crippen molar-refractivity contribution in [2.45, 2.75) is 37.9 Å². The van der Waals surface area contributed by atoms with Gasteiger partial charge in [0, 0.05) is 49.3 Å². The summed E-state index contributed by atoms with van der Waals surface area (Å²) in [6.45, 7) is 3.46. The first-order chi connectivity index (χ1) is 17.0. The van der Waals surface area contributed by atoms with Gasteiger partial charge in [0.05, 0.1) is 16.2 Å². The van der Waals surface area contributed by atoms with Gasteiger partial charge in [0.1, 0.15) is 5.82 Å². The quantitative estimate of drug-likeness (QED) is 0.486. The molecule has 1 saturated heterocycles. The molecule has 1 aromatic carbocycles. The number of hydrogen-bond acceptors (Lipinski definition) is 6. The maximum Gasteiger partial charge on any atom is 0.263 e. The SMILES string of the molecule is Cl.Cl.O=C1COc2cc(Cl)c(CNC3CCN(CC4Cn5c(=O)ccc6ccc(F)c4c65)CC3)nc2N1. The lowest BCUT2D eigenvalue weighted by molar-refractivity contribution is -0.118. The normalized spacial score (nSPS) is 19.0. The minimum absolute atomic E-state index is 0. The number of nitrogens with one attached hydrogen (secondary N) is 2. The highest BCUT2D eigenvalue weighted by molar-refractivity contribution is 6.31. The molecule has 12 heteroatoms. The van der Waals surface area contributed by atoms with E-state index in [1.807, 2.05) is 0 Å². The van der Waals surface area contributed by atoms with E-state index in [0.717, 1.165) is 43.4 Å². The molecule has 37 heavy (non-hydrogen) atoms. The number of aromatic nitrogens is 2. The second-order valence-corrected chi connectivity index (χ2v) is 9.84. The summed E-state index contributed by atoms with van der Waals surface area (Å²) in [6.07, 6.45) is 1.88. The molecule has 1 fully saturated rings. The first kappa shape index (κ1) is 27.6. The number of hydrogen-bond donors (Lipinski definition) is 2. The van der Waals surface area contributed by atoms with E-state index in [1.165, 1.54) is 6.07 Å². The molecule has 2 N–H and O–H groups in total. The van der Waals surface area contributed by atoms with Crippen LogP contribution >= 0.6 is 36.4 Å². The van der Waals surface area contributed by atoms with Crippen LogP contribution in [0.25, 0.3) is 10.9 Å². The molecule has 3 aliphatic rings. The van der Waals surface area contributed by atoms with Crippen LogP contribution in [0.3, 0.4) is 0 Å². The smallest absolute Gasteiger partial charge is 0.263 e. The Balaban J connectivity index is 0.00000160. The van der Waals surface area contributed by atoms with Crippen molar-refractivity contribution in [2.24, 2.45) is 0 Å². The third-order valence-electron chi connectivity index (χ3n) is 7.20. The van der Waals surface area contributed by atoms with Crippen LogP contribution in [0.2, 0.25) is 5.02 Å². The van der Waals surface area contributed by atoms with Crippen molar-refractivity contribution in [3.8, 4) is 5.75 Å². The van der Waals surface area contributed by atoms with Gasteiger partial charge in [-0.3, -0.25) is 9.59 Å². The third kappa shape index (κ3) is 5.28. The molecule has 1 amide bonds. The van der Waals surface area contributed by atoms with Crippen molar-refractivity contribution in [1.82, 2.24) is 19.8 Å². The van der Waals surface area contributed by atoms with Gasteiger partial charge in [-0.1, -0.05) is 11.6 Å². The Bertz CT molecular complexity index is 1390. The molecule has 8 nitrogen and oxygen atoms in total. The molecule has 1 atom stereocenters. The fraction of sp³-hybridized carbons (Fsp3) is 0.400. The summed E-state index contributed by atoms with van der Waals surface area (Å²) in [5, 5.41) is 7.64. The Labute approximate surface area is 230 Å². The summed E-state index contributed by atoms with van der Waals surface area (Å²) >= 11 is 6.37. The Hall–Kier alpha value is -2.43. The van der Waals surface area contributed by atoms with Gasteiger partial charge < -0.3 is 24.8 Å². The Morgan fingerprint density at radius 2 is 1.92 bits per heavy atom. The lowest BCUT2D eigenvalue weighted by atomic mass is 9.97. The van der Waals surface area contributed by atoms with Gasteiger partial charge in [0.2, 0.25) is 0 Å².